The Hall–Kier alpha value is -1.03. The van der Waals surface area contributed by atoms with E-state index < -0.39 is 7.92 Å². The van der Waals surface area contributed by atoms with Crippen LogP contribution in [0.15, 0.2) is 24.3 Å². The first-order valence-corrected chi connectivity index (χ1v) is 20.9. The summed E-state index contributed by atoms with van der Waals surface area (Å²) in [7, 11) is 3.69. The topological polar surface area (TPSA) is 61.4 Å². The highest BCUT2D eigenvalue weighted by Gasteiger charge is 2.17. The van der Waals surface area contributed by atoms with Gasteiger partial charge in [0, 0.05) is 25.9 Å². The summed E-state index contributed by atoms with van der Waals surface area (Å²) >= 11 is 0. The lowest BCUT2D eigenvalue weighted by molar-refractivity contribution is -0.121. The van der Waals surface area contributed by atoms with E-state index in [9.17, 15) is 9.59 Å². The summed E-state index contributed by atoms with van der Waals surface area (Å²) in [6.45, 7) is 8.27. The molecule has 45 heavy (non-hydrogen) atoms. The first-order chi connectivity index (χ1) is 22.0. The Kier molecular flexibility index (Phi) is 35.0. The SMILES string of the molecule is CCCCCC/C=C\CNCCCCCCCP(CCCCCCCC(=O)NC/C=C\CCCCCC)C(=O)CCCN(C)C. The van der Waals surface area contributed by atoms with E-state index >= 15 is 0 Å². The number of nitrogens with zero attached hydrogens (tertiary/aromatic N) is 1. The predicted molar refractivity (Wildman–Crippen MR) is 202 cm³/mol. The van der Waals surface area contributed by atoms with Crippen LogP contribution in [0.3, 0.4) is 0 Å². The Balaban J connectivity index is 4.00. The van der Waals surface area contributed by atoms with Crippen LogP contribution in [0.5, 0.6) is 0 Å². The molecule has 1 atom stereocenters. The molecule has 0 spiro atoms. The smallest absolute Gasteiger partial charge is 0.220 e. The molecule has 0 aliphatic carbocycles. The van der Waals surface area contributed by atoms with Gasteiger partial charge in [0.1, 0.15) is 0 Å². The maximum atomic E-state index is 13.1. The lowest BCUT2D eigenvalue weighted by atomic mass is 10.1. The number of hydrogen-bond donors (Lipinski definition) is 2. The second-order valence-electron chi connectivity index (χ2n) is 13.2. The Bertz CT molecular complexity index is 710. The molecule has 0 rings (SSSR count). The maximum Gasteiger partial charge on any atom is 0.220 e. The van der Waals surface area contributed by atoms with Crippen molar-refractivity contribution < 1.29 is 9.59 Å². The van der Waals surface area contributed by atoms with Gasteiger partial charge in [-0.15, -0.1) is 0 Å². The Morgan fingerprint density at radius 3 is 1.71 bits per heavy atom. The van der Waals surface area contributed by atoms with Crippen molar-refractivity contribution in [3.05, 3.63) is 24.3 Å². The van der Waals surface area contributed by atoms with E-state index in [0.29, 0.717) is 18.5 Å². The van der Waals surface area contributed by atoms with Crippen LogP contribution in [0.25, 0.3) is 0 Å². The van der Waals surface area contributed by atoms with Crippen molar-refractivity contribution in [3.63, 3.8) is 0 Å². The second-order valence-corrected chi connectivity index (χ2v) is 15.7. The van der Waals surface area contributed by atoms with E-state index in [-0.39, 0.29) is 5.91 Å². The fourth-order valence-electron chi connectivity index (χ4n) is 5.49. The van der Waals surface area contributed by atoms with E-state index in [2.05, 4.69) is 67.8 Å². The van der Waals surface area contributed by atoms with Crippen molar-refractivity contribution in [3.8, 4) is 0 Å². The van der Waals surface area contributed by atoms with Crippen LogP contribution in [0.1, 0.15) is 162 Å². The molecule has 0 aromatic carbocycles. The summed E-state index contributed by atoms with van der Waals surface area (Å²) in [5, 5.41) is 6.57. The average Bonchev–Trinajstić information content (AvgIpc) is 3.02. The van der Waals surface area contributed by atoms with Crippen molar-refractivity contribution in [2.24, 2.45) is 0 Å². The van der Waals surface area contributed by atoms with Crippen LogP contribution in [-0.4, -0.2) is 68.9 Å². The van der Waals surface area contributed by atoms with Crippen LogP contribution < -0.4 is 10.6 Å². The summed E-state index contributed by atoms with van der Waals surface area (Å²) < 4.78 is 0. The first kappa shape index (κ1) is 44.0. The van der Waals surface area contributed by atoms with Gasteiger partial charge >= 0.3 is 0 Å². The second kappa shape index (κ2) is 35.8. The first-order valence-electron chi connectivity index (χ1n) is 19.2. The number of nitrogens with one attached hydrogen (secondary N) is 2. The average molecular weight is 650 g/mol. The number of unbranched alkanes of at least 4 members (excludes halogenated alkanes) is 16. The number of hydrogen-bond acceptors (Lipinski definition) is 4. The van der Waals surface area contributed by atoms with Gasteiger partial charge in [0.05, 0.1) is 0 Å². The van der Waals surface area contributed by atoms with E-state index in [0.717, 1.165) is 64.1 Å². The molecule has 0 saturated carbocycles. The molecule has 0 fully saturated rings. The minimum Gasteiger partial charge on any atom is -0.353 e. The summed E-state index contributed by atoms with van der Waals surface area (Å²) in [5.74, 6) is 0.175. The quantitative estimate of drug-likeness (QED) is 0.0407. The molecule has 2 N–H and O–H groups in total. The summed E-state index contributed by atoms with van der Waals surface area (Å²) in [6, 6.07) is 0. The monoisotopic (exact) mass is 650 g/mol. The summed E-state index contributed by atoms with van der Waals surface area (Å²) in [6.07, 6.45) is 38.3. The van der Waals surface area contributed by atoms with Gasteiger partial charge in [0.2, 0.25) is 5.91 Å². The van der Waals surface area contributed by atoms with Gasteiger partial charge in [0.25, 0.3) is 0 Å². The molecule has 0 saturated heterocycles. The number of amides is 1. The number of allylic oxidation sites excluding steroid dienone is 2. The Labute approximate surface area is 282 Å². The van der Waals surface area contributed by atoms with Gasteiger partial charge < -0.3 is 15.5 Å². The molecule has 0 aromatic rings. The van der Waals surface area contributed by atoms with E-state index in [1.165, 1.54) is 109 Å². The minimum absolute atomic E-state index is 0.175. The zero-order valence-corrected chi connectivity index (χ0v) is 31.4. The van der Waals surface area contributed by atoms with Crippen molar-refractivity contribution in [2.75, 3.05) is 52.6 Å². The van der Waals surface area contributed by atoms with Gasteiger partial charge in [-0.05, 0) is 105 Å². The zero-order valence-electron chi connectivity index (χ0n) is 30.5. The molecule has 0 bridgehead atoms. The van der Waals surface area contributed by atoms with Gasteiger partial charge in [-0.1, -0.05) is 115 Å². The molecular formula is C39H76N3O2P. The van der Waals surface area contributed by atoms with Crippen LogP contribution in [0.2, 0.25) is 0 Å². The van der Waals surface area contributed by atoms with E-state index in [1.807, 2.05) is 0 Å². The molecule has 0 aliphatic heterocycles. The van der Waals surface area contributed by atoms with Gasteiger partial charge in [-0.2, -0.15) is 0 Å². The van der Waals surface area contributed by atoms with Crippen molar-refractivity contribution in [1.82, 2.24) is 15.5 Å². The normalized spacial score (nSPS) is 12.6. The largest absolute Gasteiger partial charge is 0.353 e. The predicted octanol–water partition coefficient (Wildman–Crippen LogP) is 10.4. The summed E-state index contributed by atoms with van der Waals surface area (Å²) in [5.41, 5.74) is 0.557. The van der Waals surface area contributed by atoms with Crippen LogP contribution >= 0.6 is 7.92 Å². The van der Waals surface area contributed by atoms with Gasteiger partial charge in [-0.3, -0.25) is 9.59 Å². The van der Waals surface area contributed by atoms with Crippen LogP contribution in [0, 0.1) is 0 Å². The minimum atomic E-state index is -0.492. The molecule has 0 heterocycles. The van der Waals surface area contributed by atoms with Crippen LogP contribution in [0.4, 0.5) is 0 Å². The van der Waals surface area contributed by atoms with Gasteiger partial charge in [0.15, 0.2) is 5.52 Å². The Morgan fingerprint density at radius 2 is 1.11 bits per heavy atom. The van der Waals surface area contributed by atoms with Crippen molar-refractivity contribution in [2.45, 2.75) is 162 Å². The van der Waals surface area contributed by atoms with Crippen LogP contribution in [-0.2, 0) is 9.59 Å². The lowest BCUT2D eigenvalue weighted by Gasteiger charge is -2.17. The Morgan fingerprint density at radius 1 is 0.578 bits per heavy atom. The molecule has 6 heteroatoms. The molecule has 1 unspecified atom stereocenters. The molecule has 264 valence electrons. The number of carbonyl (C=O) groups excluding carboxylic acids is 2. The number of rotatable bonds is 35. The standard InChI is InChI=1S/C39H76N3O2P/c1-5-7-9-11-13-18-24-32-40-33-25-19-16-22-28-37-45(39(44)31-29-35-42(3)4)36-27-21-15-17-23-30-38(43)41-34-26-20-14-12-10-8-6-2/h18,20,24,26,40H,5-17,19,21-23,25,27-37H2,1-4H3,(H,41,43)/b24-18-,26-20-. The fourth-order valence-corrected chi connectivity index (χ4v) is 7.90. The molecule has 0 aromatic heterocycles. The molecule has 0 radical (unpaired) electrons. The van der Waals surface area contributed by atoms with Crippen molar-refractivity contribution in [1.29, 1.82) is 0 Å². The molecule has 1 amide bonds. The van der Waals surface area contributed by atoms with E-state index in [1.54, 1.807) is 0 Å². The molecule has 0 aliphatic rings. The highest BCUT2D eigenvalue weighted by Crippen LogP contribution is 2.40. The lowest BCUT2D eigenvalue weighted by Crippen LogP contribution is -2.22. The van der Waals surface area contributed by atoms with E-state index in [4.69, 9.17) is 0 Å². The highest BCUT2D eigenvalue weighted by molar-refractivity contribution is 7.74. The van der Waals surface area contributed by atoms with Gasteiger partial charge in [-0.25, -0.2) is 0 Å². The third kappa shape index (κ3) is 34.1. The highest BCUT2D eigenvalue weighted by atomic mass is 31.1. The number of carbonyl (C=O) groups is 2. The third-order valence-electron chi connectivity index (χ3n) is 8.42. The third-order valence-corrected chi connectivity index (χ3v) is 11.1. The van der Waals surface area contributed by atoms with Crippen molar-refractivity contribution >= 4 is 19.4 Å². The fraction of sp³-hybridized carbons (Fsp3) is 0.846. The summed E-state index contributed by atoms with van der Waals surface area (Å²) in [4.78, 5) is 27.4. The molecular weight excluding hydrogens is 573 g/mol. The molecule has 5 nitrogen and oxygen atoms in total. The maximum absolute atomic E-state index is 13.1. The zero-order chi connectivity index (χ0) is 33.1.